The maximum absolute atomic E-state index is 11.5. The van der Waals surface area contributed by atoms with Gasteiger partial charge in [-0.3, -0.25) is 9.79 Å². The van der Waals surface area contributed by atoms with Crippen LogP contribution in [0.1, 0.15) is 24.5 Å². The van der Waals surface area contributed by atoms with Crippen molar-refractivity contribution >= 4 is 23.0 Å². The molecule has 0 aliphatic carbocycles. The average Bonchev–Trinajstić information content (AvgIpc) is 2.24. The third-order valence-corrected chi connectivity index (χ3v) is 2.61. The summed E-state index contributed by atoms with van der Waals surface area (Å²) in [6, 6.07) is 3.99. The highest BCUT2D eigenvalue weighted by molar-refractivity contribution is 6.09. The number of hydrogen-bond acceptors (Lipinski definition) is 2. The first-order valence-electron chi connectivity index (χ1n) is 5.01. The summed E-state index contributed by atoms with van der Waals surface area (Å²) in [6.07, 6.45) is 0.382. The highest BCUT2D eigenvalue weighted by atomic mass is 16.1. The number of rotatable bonds is 0. The van der Waals surface area contributed by atoms with Gasteiger partial charge in [-0.2, -0.15) is 0 Å². The highest BCUT2D eigenvalue weighted by Gasteiger charge is 2.13. The summed E-state index contributed by atoms with van der Waals surface area (Å²) in [4.78, 5) is 15.9. The first-order chi connectivity index (χ1) is 7.06. The van der Waals surface area contributed by atoms with Gasteiger partial charge in [0.2, 0.25) is 5.91 Å². The second-order valence-corrected chi connectivity index (χ2v) is 4.03. The lowest BCUT2D eigenvalue weighted by atomic mass is 10.1. The number of fused-ring (bicyclic) bond motifs is 1. The number of aryl methyl sites for hydroxylation is 2. The fourth-order valence-electron chi connectivity index (χ4n) is 1.67. The molecule has 0 unspecified atom stereocenters. The molecule has 0 fully saturated rings. The quantitative estimate of drug-likeness (QED) is 0.690. The second kappa shape index (κ2) is 3.50. The van der Waals surface area contributed by atoms with E-state index < -0.39 is 0 Å². The smallest absolute Gasteiger partial charge is 0.230 e. The van der Waals surface area contributed by atoms with Gasteiger partial charge in [-0.05, 0) is 44.0 Å². The van der Waals surface area contributed by atoms with Crippen LogP contribution in [0.2, 0.25) is 0 Å². The third-order valence-electron chi connectivity index (χ3n) is 2.61. The zero-order chi connectivity index (χ0) is 11.0. The van der Waals surface area contributed by atoms with Crippen LogP contribution in [0.4, 0.5) is 11.4 Å². The number of amides is 1. The Morgan fingerprint density at radius 2 is 1.87 bits per heavy atom. The largest absolute Gasteiger partial charge is 0.324 e. The van der Waals surface area contributed by atoms with E-state index in [9.17, 15) is 4.79 Å². The molecule has 1 N–H and O–H groups in total. The Morgan fingerprint density at radius 1 is 1.20 bits per heavy atom. The van der Waals surface area contributed by atoms with Gasteiger partial charge in [-0.15, -0.1) is 0 Å². The molecule has 1 aliphatic rings. The first kappa shape index (κ1) is 9.90. The Balaban J connectivity index is 2.58. The minimum absolute atomic E-state index is 0.0123. The van der Waals surface area contributed by atoms with Gasteiger partial charge in [-0.1, -0.05) is 0 Å². The number of nitrogens with one attached hydrogen (secondary N) is 1. The Morgan fingerprint density at radius 3 is 2.60 bits per heavy atom. The van der Waals surface area contributed by atoms with Crippen LogP contribution in [0, 0.1) is 13.8 Å². The summed E-state index contributed by atoms with van der Waals surface area (Å²) in [7, 11) is 0. The van der Waals surface area contributed by atoms with Crippen molar-refractivity contribution in [1.82, 2.24) is 0 Å². The summed E-state index contributed by atoms with van der Waals surface area (Å²) in [6.45, 7) is 5.96. The lowest BCUT2D eigenvalue weighted by Gasteiger charge is -2.08. The van der Waals surface area contributed by atoms with E-state index in [4.69, 9.17) is 0 Å². The van der Waals surface area contributed by atoms with Gasteiger partial charge >= 0.3 is 0 Å². The number of carbonyl (C=O) groups excluding carboxylic acids is 1. The molecule has 3 nitrogen and oxygen atoms in total. The highest BCUT2D eigenvalue weighted by Crippen LogP contribution is 2.30. The van der Waals surface area contributed by atoms with Crippen molar-refractivity contribution in [1.29, 1.82) is 0 Å². The van der Waals surface area contributed by atoms with Crippen molar-refractivity contribution in [2.24, 2.45) is 4.99 Å². The Kier molecular flexibility index (Phi) is 2.31. The molecule has 2 rings (SSSR count). The number of anilines is 1. The maximum Gasteiger partial charge on any atom is 0.230 e. The molecule has 1 heterocycles. The van der Waals surface area contributed by atoms with E-state index in [0.717, 1.165) is 17.1 Å². The van der Waals surface area contributed by atoms with Gasteiger partial charge < -0.3 is 5.32 Å². The molecule has 1 aromatic rings. The lowest BCUT2D eigenvalue weighted by molar-refractivity contribution is -0.115. The van der Waals surface area contributed by atoms with Crippen LogP contribution < -0.4 is 5.32 Å². The second-order valence-electron chi connectivity index (χ2n) is 4.03. The summed E-state index contributed by atoms with van der Waals surface area (Å²) >= 11 is 0. The third kappa shape index (κ3) is 1.91. The van der Waals surface area contributed by atoms with E-state index in [1.54, 1.807) is 0 Å². The molecular weight excluding hydrogens is 188 g/mol. The number of carbonyl (C=O) groups is 1. The number of nitrogens with zero attached hydrogens (tertiary/aromatic N) is 1. The molecule has 1 aliphatic heterocycles. The van der Waals surface area contributed by atoms with Crippen LogP contribution in [0.5, 0.6) is 0 Å². The molecule has 1 aromatic carbocycles. The van der Waals surface area contributed by atoms with Crippen LogP contribution in [0.15, 0.2) is 17.1 Å². The Bertz CT molecular complexity index is 461. The minimum Gasteiger partial charge on any atom is -0.324 e. The molecule has 0 atom stereocenters. The molecule has 78 valence electrons. The van der Waals surface area contributed by atoms with Gasteiger partial charge in [-0.25, -0.2) is 0 Å². The van der Waals surface area contributed by atoms with E-state index in [0.29, 0.717) is 6.42 Å². The van der Waals surface area contributed by atoms with E-state index in [2.05, 4.69) is 10.3 Å². The van der Waals surface area contributed by atoms with E-state index >= 15 is 0 Å². The minimum atomic E-state index is 0.0123. The molecular formula is C12H14N2O. The predicted octanol–water partition coefficient (Wildman–Crippen LogP) is 2.74. The zero-order valence-corrected chi connectivity index (χ0v) is 9.22. The van der Waals surface area contributed by atoms with Crippen LogP contribution >= 0.6 is 0 Å². The van der Waals surface area contributed by atoms with Gasteiger partial charge in [0.05, 0.1) is 17.8 Å². The molecule has 0 saturated carbocycles. The van der Waals surface area contributed by atoms with Crippen molar-refractivity contribution in [3.63, 3.8) is 0 Å². The van der Waals surface area contributed by atoms with Gasteiger partial charge in [0.25, 0.3) is 0 Å². The monoisotopic (exact) mass is 202 g/mol. The maximum atomic E-state index is 11.5. The molecule has 3 heteroatoms. The van der Waals surface area contributed by atoms with Crippen LogP contribution in [-0.4, -0.2) is 11.6 Å². The Labute approximate surface area is 89.2 Å². The van der Waals surface area contributed by atoms with E-state index in [1.807, 2.05) is 32.9 Å². The van der Waals surface area contributed by atoms with Gasteiger partial charge in [0.1, 0.15) is 0 Å². The fraction of sp³-hybridized carbons (Fsp3) is 0.333. The SMILES string of the molecule is CC1=Nc2cc(C)c(C)cc2NC(=O)C1. The van der Waals surface area contributed by atoms with Gasteiger partial charge in [0.15, 0.2) is 0 Å². The van der Waals surface area contributed by atoms with Crippen molar-refractivity contribution in [3.8, 4) is 0 Å². The van der Waals surface area contributed by atoms with Crippen LogP contribution in [0.3, 0.4) is 0 Å². The van der Waals surface area contributed by atoms with Crippen molar-refractivity contribution in [3.05, 3.63) is 23.3 Å². The standard InChI is InChI=1S/C12H14N2O/c1-7-4-10-11(5-8(7)2)14-12(15)6-9(3)13-10/h4-5H,6H2,1-3H3,(H,14,15). The normalized spacial score (nSPS) is 15.1. The average molecular weight is 202 g/mol. The van der Waals surface area contributed by atoms with E-state index in [1.165, 1.54) is 11.1 Å². The molecule has 0 spiro atoms. The summed E-state index contributed by atoms with van der Waals surface area (Å²) in [5, 5.41) is 2.87. The molecule has 0 radical (unpaired) electrons. The lowest BCUT2D eigenvalue weighted by Crippen LogP contribution is -2.12. The number of benzene rings is 1. The summed E-state index contributed by atoms with van der Waals surface area (Å²) in [5.41, 5.74) is 4.90. The molecule has 15 heavy (non-hydrogen) atoms. The molecule has 0 saturated heterocycles. The number of hydrogen-bond donors (Lipinski definition) is 1. The summed E-state index contributed by atoms with van der Waals surface area (Å²) < 4.78 is 0. The molecule has 0 bridgehead atoms. The topological polar surface area (TPSA) is 41.5 Å². The van der Waals surface area contributed by atoms with Crippen LogP contribution in [0.25, 0.3) is 0 Å². The molecule has 1 amide bonds. The van der Waals surface area contributed by atoms with Crippen LogP contribution in [-0.2, 0) is 4.79 Å². The predicted molar refractivity (Wildman–Crippen MR) is 61.9 cm³/mol. The first-order valence-corrected chi connectivity index (χ1v) is 5.01. The van der Waals surface area contributed by atoms with Crippen molar-refractivity contribution < 1.29 is 4.79 Å². The fourth-order valence-corrected chi connectivity index (χ4v) is 1.67. The zero-order valence-electron chi connectivity index (χ0n) is 9.22. The van der Waals surface area contributed by atoms with Gasteiger partial charge in [0, 0.05) is 5.71 Å². The Hall–Kier alpha value is -1.64. The van der Waals surface area contributed by atoms with E-state index in [-0.39, 0.29) is 5.91 Å². The molecule has 0 aromatic heterocycles. The van der Waals surface area contributed by atoms with Crippen molar-refractivity contribution in [2.75, 3.05) is 5.32 Å². The summed E-state index contributed by atoms with van der Waals surface area (Å²) in [5.74, 6) is 0.0123. The number of aliphatic imine (C=N–C) groups is 1. The van der Waals surface area contributed by atoms with Crippen molar-refractivity contribution in [2.45, 2.75) is 27.2 Å².